The Morgan fingerprint density at radius 2 is 1.68 bits per heavy atom. The Morgan fingerprint density at radius 1 is 0.971 bits per heavy atom. The molecule has 0 bridgehead atoms. The van der Waals surface area contributed by atoms with Gasteiger partial charge in [0, 0.05) is 0 Å². The second kappa shape index (κ2) is 10.3. The van der Waals surface area contributed by atoms with Crippen molar-refractivity contribution in [2.75, 3.05) is 6.61 Å². The molecule has 1 N–H and O–H groups in total. The molecule has 0 amide bonds. The maximum absolute atomic E-state index is 12.2. The van der Waals surface area contributed by atoms with Crippen LogP contribution in [-0.4, -0.2) is 23.8 Å². The van der Waals surface area contributed by atoms with Crippen LogP contribution in [0.4, 0.5) is 0 Å². The number of aliphatic hydroxyl groups is 1. The normalized spacial score (nSPS) is 42.4. The van der Waals surface area contributed by atoms with Crippen LogP contribution in [0.3, 0.4) is 0 Å². The summed E-state index contributed by atoms with van der Waals surface area (Å²) in [4.78, 5) is 12.2. The molecular formula is C31H52O3. The molecule has 3 nitrogen and oxygen atoms in total. The SMILES string of the molecule is C=C(CO)C(=O)OC1CCC2(C)C(CC[C@@H]3C2CCC2(C)C3CCC2[C@H](C)CCCC(C)C)C1. The quantitative estimate of drug-likeness (QED) is 0.293. The molecule has 0 aromatic heterocycles. The molecule has 0 aliphatic heterocycles. The van der Waals surface area contributed by atoms with Crippen molar-refractivity contribution < 1.29 is 14.6 Å². The zero-order valence-corrected chi connectivity index (χ0v) is 22.8. The first-order valence-electron chi connectivity index (χ1n) is 14.6. The van der Waals surface area contributed by atoms with E-state index in [-0.39, 0.29) is 18.3 Å². The van der Waals surface area contributed by atoms with Crippen LogP contribution in [0, 0.1) is 52.3 Å². The number of carbonyl (C=O) groups is 1. The second-order valence-corrected chi connectivity index (χ2v) is 13.8. The molecule has 0 heterocycles. The van der Waals surface area contributed by atoms with E-state index in [1.165, 1.54) is 64.2 Å². The van der Waals surface area contributed by atoms with Gasteiger partial charge in [-0.1, -0.05) is 60.5 Å². The van der Waals surface area contributed by atoms with E-state index in [0.717, 1.165) is 48.3 Å². The zero-order chi connectivity index (χ0) is 24.7. The van der Waals surface area contributed by atoms with E-state index >= 15 is 0 Å². The fourth-order valence-electron chi connectivity index (χ4n) is 9.65. The minimum absolute atomic E-state index is 0.00170. The number of carbonyl (C=O) groups excluding carboxylic acids is 1. The molecule has 4 saturated carbocycles. The van der Waals surface area contributed by atoms with Crippen molar-refractivity contribution in [2.24, 2.45) is 52.3 Å². The molecule has 0 aromatic carbocycles. The maximum Gasteiger partial charge on any atom is 0.336 e. The Hall–Kier alpha value is -0.830. The average Bonchev–Trinajstić information content (AvgIpc) is 3.15. The zero-order valence-electron chi connectivity index (χ0n) is 22.8. The number of fused-ring (bicyclic) bond motifs is 5. The predicted molar refractivity (Wildman–Crippen MR) is 139 cm³/mol. The van der Waals surface area contributed by atoms with E-state index in [1.807, 2.05) is 0 Å². The van der Waals surface area contributed by atoms with E-state index in [4.69, 9.17) is 4.74 Å². The fraction of sp³-hybridized carbons (Fsp3) is 0.903. The summed E-state index contributed by atoms with van der Waals surface area (Å²) < 4.78 is 5.75. The summed E-state index contributed by atoms with van der Waals surface area (Å²) in [6.45, 7) is 15.9. The standard InChI is InChI=1S/C31H52O3/c1-20(2)8-7-9-21(3)26-12-13-27-25-11-10-23-18-24(34-29(33)22(4)19-32)14-16-30(23,5)28(25)15-17-31(26,27)6/h20-21,23-28,32H,4,7-19H2,1-3,5-6H3/t21-,23?,24?,25+,26?,27?,28?,30?,31?/m1/s1. The summed E-state index contributed by atoms with van der Waals surface area (Å²) >= 11 is 0. The third-order valence-corrected chi connectivity index (χ3v) is 11.6. The van der Waals surface area contributed by atoms with E-state index in [0.29, 0.717) is 16.7 Å². The monoisotopic (exact) mass is 472 g/mol. The summed E-state index contributed by atoms with van der Waals surface area (Å²) in [5.41, 5.74) is 1.14. The van der Waals surface area contributed by atoms with Gasteiger partial charge in [0.05, 0.1) is 12.2 Å². The number of hydrogen-bond donors (Lipinski definition) is 1. The lowest BCUT2D eigenvalue weighted by molar-refractivity contribution is -0.159. The highest BCUT2D eigenvalue weighted by molar-refractivity contribution is 5.88. The molecule has 0 spiro atoms. The molecule has 4 aliphatic rings. The van der Waals surface area contributed by atoms with Crippen molar-refractivity contribution >= 4 is 5.97 Å². The summed E-state index contributed by atoms with van der Waals surface area (Å²) in [5, 5.41) is 9.20. The Labute approximate surface area is 209 Å². The third-order valence-electron chi connectivity index (χ3n) is 11.6. The van der Waals surface area contributed by atoms with Gasteiger partial charge < -0.3 is 9.84 Å². The van der Waals surface area contributed by atoms with Crippen molar-refractivity contribution in [3.05, 3.63) is 12.2 Å². The van der Waals surface area contributed by atoms with Gasteiger partial charge in [0.15, 0.2) is 0 Å². The molecule has 0 aromatic rings. The fourth-order valence-corrected chi connectivity index (χ4v) is 9.65. The van der Waals surface area contributed by atoms with E-state index in [9.17, 15) is 9.90 Å². The highest BCUT2D eigenvalue weighted by Crippen LogP contribution is 2.68. The Balaban J connectivity index is 1.40. The minimum Gasteiger partial charge on any atom is -0.459 e. The highest BCUT2D eigenvalue weighted by atomic mass is 16.5. The average molecular weight is 473 g/mol. The lowest BCUT2D eigenvalue weighted by Crippen LogP contribution is -2.54. The Morgan fingerprint density at radius 3 is 2.38 bits per heavy atom. The molecule has 3 heteroatoms. The lowest BCUT2D eigenvalue weighted by Gasteiger charge is -2.61. The topological polar surface area (TPSA) is 46.5 Å². The molecule has 4 aliphatic carbocycles. The molecular weight excluding hydrogens is 420 g/mol. The van der Waals surface area contributed by atoms with Crippen LogP contribution in [0.25, 0.3) is 0 Å². The van der Waals surface area contributed by atoms with Crippen LogP contribution in [0.5, 0.6) is 0 Å². The maximum atomic E-state index is 12.2. The van der Waals surface area contributed by atoms with Gasteiger partial charge in [-0.25, -0.2) is 4.79 Å². The molecule has 34 heavy (non-hydrogen) atoms. The molecule has 0 saturated heterocycles. The van der Waals surface area contributed by atoms with Crippen molar-refractivity contribution in [1.29, 1.82) is 0 Å². The summed E-state index contributed by atoms with van der Waals surface area (Å²) in [5.74, 6) is 5.56. The van der Waals surface area contributed by atoms with Gasteiger partial charge in [0.2, 0.25) is 0 Å². The first-order chi connectivity index (χ1) is 16.1. The molecule has 4 rings (SSSR count). The Kier molecular flexibility index (Phi) is 7.92. The van der Waals surface area contributed by atoms with E-state index in [2.05, 4.69) is 41.2 Å². The first kappa shape index (κ1) is 26.2. The van der Waals surface area contributed by atoms with Gasteiger partial charge in [-0.3, -0.25) is 0 Å². The minimum atomic E-state index is -0.405. The smallest absolute Gasteiger partial charge is 0.336 e. The summed E-state index contributed by atoms with van der Waals surface area (Å²) in [6, 6.07) is 0. The largest absolute Gasteiger partial charge is 0.459 e. The van der Waals surface area contributed by atoms with Crippen molar-refractivity contribution in [3.8, 4) is 0 Å². The van der Waals surface area contributed by atoms with E-state index < -0.39 is 5.97 Å². The van der Waals surface area contributed by atoms with Crippen LogP contribution >= 0.6 is 0 Å². The third kappa shape index (κ3) is 4.76. The molecule has 9 atom stereocenters. The van der Waals surface area contributed by atoms with Gasteiger partial charge in [0.25, 0.3) is 0 Å². The van der Waals surface area contributed by atoms with E-state index in [1.54, 1.807) is 0 Å². The van der Waals surface area contributed by atoms with Crippen LogP contribution in [-0.2, 0) is 9.53 Å². The molecule has 0 radical (unpaired) electrons. The Bertz CT molecular complexity index is 743. The van der Waals surface area contributed by atoms with Crippen LogP contribution in [0.15, 0.2) is 12.2 Å². The van der Waals surface area contributed by atoms with Gasteiger partial charge in [-0.2, -0.15) is 0 Å². The summed E-state index contributed by atoms with van der Waals surface area (Å²) in [7, 11) is 0. The number of esters is 1. The van der Waals surface area contributed by atoms with Crippen LogP contribution in [0.2, 0.25) is 0 Å². The highest BCUT2D eigenvalue weighted by Gasteiger charge is 2.60. The number of rotatable bonds is 8. The van der Waals surface area contributed by atoms with Crippen molar-refractivity contribution in [3.63, 3.8) is 0 Å². The second-order valence-electron chi connectivity index (χ2n) is 13.8. The molecule has 4 fully saturated rings. The molecule has 7 unspecified atom stereocenters. The number of aliphatic hydroxyl groups excluding tert-OH is 1. The van der Waals surface area contributed by atoms with Gasteiger partial charge in [-0.15, -0.1) is 0 Å². The van der Waals surface area contributed by atoms with Crippen LogP contribution in [0.1, 0.15) is 112 Å². The van der Waals surface area contributed by atoms with Gasteiger partial charge in [0.1, 0.15) is 6.10 Å². The first-order valence-corrected chi connectivity index (χ1v) is 14.6. The van der Waals surface area contributed by atoms with Crippen molar-refractivity contribution in [1.82, 2.24) is 0 Å². The number of ether oxygens (including phenoxy) is 1. The number of hydrogen-bond acceptors (Lipinski definition) is 3. The summed E-state index contributed by atoms with van der Waals surface area (Å²) in [6.07, 6.45) is 15.8. The lowest BCUT2D eigenvalue weighted by atomic mass is 9.44. The predicted octanol–water partition coefficient (Wildman–Crippen LogP) is 7.57. The van der Waals surface area contributed by atoms with Gasteiger partial charge >= 0.3 is 5.97 Å². The van der Waals surface area contributed by atoms with Gasteiger partial charge in [-0.05, 0) is 110 Å². The van der Waals surface area contributed by atoms with Crippen molar-refractivity contribution in [2.45, 2.75) is 118 Å². The molecule has 194 valence electrons. The van der Waals surface area contributed by atoms with Crippen LogP contribution < -0.4 is 0 Å².